The van der Waals surface area contributed by atoms with Crippen LogP contribution in [0.15, 0.2) is 12.3 Å². The standard InChI is InChI=1S/C22H27F2N7O2/c1-12(2)33-14-9-13(10-26-16(14)25)17-28-18(30-6-5-22(23,24)11-30)15-19(29-17)31-7-8-32-21(3,4)20(31)27-15/h9-10,12H,5-8,11H2,1-4H3,(H2,25,26). The fraction of sp³-hybridized carbons (Fsp3) is 0.545. The molecule has 0 atom stereocenters. The van der Waals surface area contributed by atoms with Gasteiger partial charge in [-0.15, -0.1) is 0 Å². The predicted octanol–water partition coefficient (Wildman–Crippen LogP) is 3.37. The summed E-state index contributed by atoms with van der Waals surface area (Å²) < 4.78 is 41.8. The molecule has 176 valence electrons. The number of imidazole rings is 1. The van der Waals surface area contributed by atoms with Crippen molar-refractivity contribution in [2.24, 2.45) is 0 Å². The van der Waals surface area contributed by atoms with E-state index >= 15 is 0 Å². The number of hydrogen-bond acceptors (Lipinski definition) is 8. The fourth-order valence-electron chi connectivity index (χ4n) is 4.31. The zero-order chi connectivity index (χ0) is 23.5. The molecule has 0 unspecified atom stereocenters. The summed E-state index contributed by atoms with van der Waals surface area (Å²) in [5.41, 5.74) is 7.00. The maximum Gasteiger partial charge on any atom is 0.266 e. The lowest BCUT2D eigenvalue weighted by Crippen LogP contribution is -2.33. The number of ether oxygens (including phenoxy) is 2. The first-order valence-corrected chi connectivity index (χ1v) is 11.0. The van der Waals surface area contributed by atoms with E-state index in [1.165, 1.54) is 0 Å². The van der Waals surface area contributed by atoms with E-state index in [0.717, 1.165) is 0 Å². The van der Waals surface area contributed by atoms with Crippen LogP contribution in [0.2, 0.25) is 0 Å². The molecule has 0 radical (unpaired) electrons. The molecule has 0 bridgehead atoms. The van der Waals surface area contributed by atoms with Crippen LogP contribution < -0.4 is 15.4 Å². The van der Waals surface area contributed by atoms with E-state index in [1.54, 1.807) is 17.2 Å². The van der Waals surface area contributed by atoms with Crippen molar-refractivity contribution >= 4 is 22.8 Å². The third kappa shape index (κ3) is 3.84. The van der Waals surface area contributed by atoms with Crippen molar-refractivity contribution in [3.63, 3.8) is 0 Å². The summed E-state index contributed by atoms with van der Waals surface area (Å²) in [6, 6.07) is 1.73. The maximum atomic E-state index is 14.1. The fourth-order valence-corrected chi connectivity index (χ4v) is 4.31. The number of pyridine rings is 1. The summed E-state index contributed by atoms with van der Waals surface area (Å²) in [6.45, 7) is 8.47. The first-order chi connectivity index (χ1) is 15.5. The summed E-state index contributed by atoms with van der Waals surface area (Å²) in [7, 11) is 0. The van der Waals surface area contributed by atoms with Gasteiger partial charge in [-0.3, -0.25) is 0 Å². The van der Waals surface area contributed by atoms with Crippen molar-refractivity contribution in [1.82, 2.24) is 24.5 Å². The molecule has 3 aromatic heterocycles. The number of nitrogens with zero attached hydrogens (tertiary/aromatic N) is 6. The van der Waals surface area contributed by atoms with Crippen LogP contribution in [-0.2, 0) is 16.9 Å². The predicted molar refractivity (Wildman–Crippen MR) is 119 cm³/mol. The molecule has 11 heteroatoms. The van der Waals surface area contributed by atoms with E-state index in [2.05, 4.69) is 9.97 Å². The Morgan fingerprint density at radius 3 is 2.67 bits per heavy atom. The Kier molecular flexibility index (Phi) is 4.93. The number of nitrogens with two attached hydrogens (primary N) is 1. The minimum absolute atomic E-state index is 0.0979. The van der Waals surface area contributed by atoms with Gasteiger partial charge in [0.25, 0.3) is 5.92 Å². The Labute approximate surface area is 189 Å². The highest BCUT2D eigenvalue weighted by molar-refractivity contribution is 5.87. The van der Waals surface area contributed by atoms with Crippen LogP contribution in [0.3, 0.4) is 0 Å². The zero-order valence-electron chi connectivity index (χ0n) is 19.1. The molecule has 2 aliphatic rings. The van der Waals surface area contributed by atoms with Crippen molar-refractivity contribution in [3.05, 3.63) is 18.1 Å². The van der Waals surface area contributed by atoms with Gasteiger partial charge in [-0.2, -0.15) is 0 Å². The normalized spacial score (nSPS) is 19.3. The van der Waals surface area contributed by atoms with E-state index in [4.69, 9.17) is 25.2 Å². The molecule has 1 saturated heterocycles. The van der Waals surface area contributed by atoms with Crippen LogP contribution in [0.5, 0.6) is 5.75 Å². The second-order valence-corrected chi connectivity index (χ2v) is 9.29. The molecular weight excluding hydrogens is 432 g/mol. The molecule has 2 N–H and O–H groups in total. The van der Waals surface area contributed by atoms with Crippen molar-refractivity contribution in [3.8, 4) is 17.1 Å². The summed E-state index contributed by atoms with van der Waals surface area (Å²) in [6.07, 6.45) is 1.23. The number of fused-ring (bicyclic) bond motifs is 3. The van der Waals surface area contributed by atoms with Crippen molar-refractivity contribution < 1.29 is 18.3 Å². The van der Waals surface area contributed by atoms with Gasteiger partial charge in [0, 0.05) is 31.3 Å². The van der Waals surface area contributed by atoms with E-state index in [0.29, 0.717) is 53.1 Å². The summed E-state index contributed by atoms with van der Waals surface area (Å²) in [5, 5.41) is 0. The Morgan fingerprint density at radius 1 is 1.18 bits per heavy atom. The summed E-state index contributed by atoms with van der Waals surface area (Å²) in [4.78, 5) is 20.1. The van der Waals surface area contributed by atoms with E-state index < -0.39 is 18.1 Å². The Balaban J connectivity index is 1.71. The van der Waals surface area contributed by atoms with Gasteiger partial charge in [0.05, 0.1) is 19.3 Å². The molecule has 0 saturated carbocycles. The molecule has 0 spiro atoms. The molecule has 3 aromatic rings. The summed E-state index contributed by atoms with van der Waals surface area (Å²) >= 11 is 0. The monoisotopic (exact) mass is 459 g/mol. The van der Waals surface area contributed by atoms with Gasteiger partial charge >= 0.3 is 0 Å². The van der Waals surface area contributed by atoms with Gasteiger partial charge < -0.3 is 24.7 Å². The molecule has 0 amide bonds. The van der Waals surface area contributed by atoms with Gasteiger partial charge in [-0.1, -0.05) is 0 Å². The molecule has 0 aromatic carbocycles. The van der Waals surface area contributed by atoms with Crippen molar-refractivity contribution in [2.75, 3.05) is 30.3 Å². The van der Waals surface area contributed by atoms with Gasteiger partial charge in [0.2, 0.25) is 0 Å². The molecule has 5 rings (SSSR count). The van der Waals surface area contributed by atoms with E-state index in [9.17, 15) is 8.78 Å². The van der Waals surface area contributed by atoms with Crippen LogP contribution in [0.1, 0.15) is 39.9 Å². The lowest BCUT2D eigenvalue weighted by atomic mass is 10.1. The lowest BCUT2D eigenvalue weighted by Gasteiger charge is -2.30. The highest BCUT2D eigenvalue weighted by Crippen LogP contribution is 2.38. The minimum atomic E-state index is -2.78. The molecule has 0 aliphatic carbocycles. The minimum Gasteiger partial charge on any atom is -0.487 e. The number of hydrogen-bond donors (Lipinski definition) is 1. The largest absolute Gasteiger partial charge is 0.487 e. The highest BCUT2D eigenvalue weighted by Gasteiger charge is 2.41. The second kappa shape index (κ2) is 7.47. The van der Waals surface area contributed by atoms with Crippen LogP contribution in [0.25, 0.3) is 22.6 Å². The Hall–Kier alpha value is -3.08. The average Bonchev–Trinajstić information content (AvgIpc) is 3.29. The van der Waals surface area contributed by atoms with E-state index in [-0.39, 0.29) is 24.9 Å². The molecule has 33 heavy (non-hydrogen) atoms. The lowest BCUT2D eigenvalue weighted by molar-refractivity contribution is -0.0530. The topological polar surface area (TPSA) is 104 Å². The van der Waals surface area contributed by atoms with Crippen molar-refractivity contribution in [2.45, 2.75) is 58.3 Å². The van der Waals surface area contributed by atoms with Crippen LogP contribution >= 0.6 is 0 Å². The molecule has 9 nitrogen and oxygen atoms in total. The number of alkyl halides is 2. The van der Waals surface area contributed by atoms with E-state index in [1.807, 2.05) is 32.3 Å². The number of rotatable bonds is 4. The Bertz CT molecular complexity index is 1230. The number of anilines is 2. The Morgan fingerprint density at radius 2 is 1.97 bits per heavy atom. The third-order valence-corrected chi connectivity index (χ3v) is 5.86. The number of halogens is 2. The smallest absolute Gasteiger partial charge is 0.266 e. The summed E-state index contributed by atoms with van der Waals surface area (Å²) in [5.74, 6) is -0.672. The second-order valence-electron chi connectivity index (χ2n) is 9.29. The maximum absolute atomic E-state index is 14.1. The highest BCUT2D eigenvalue weighted by atomic mass is 19.3. The van der Waals surface area contributed by atoms with Gasteiger partial charge in [0.15, 0.2) is 34.4 Å². The van der Waals surface area contributed by atoms with Crippen molar-refractivity contribution in [1.29, 1.82) is 0 Å². The molecule has 2 aliphatic heterocycles. The first kappa shape index (κ1) is 21.7. The SMILES string of the molecule is CC(C)Oc1cc(-c2nc(N3CCC(F)(F)C3)c3nc4n(c3n2)CCOC4(C)C)cnc1N. The zero-order valence-corrected chi connectivity index (χ0v) is 19.1. The third-order valence-electron chi connectivity index (χ3n) is 5.86. The van der Waals surface area contributed by atoms with Gasteiger partial charge in [-0.05, 0) is 33.8 Å². The average molecular weight is 460 g/mol. The quantitative estimate of drug-likeness (QED) is 0.633. The van der Waals surface area contributed by atoms with Crippen LogP contribution in [0, 0.1) is 0 Å². The number of nitrogen functional groups attached to an aromatic ring is 1. The molecular formula is C22H27F2N7O2. The van der Waals surface area contributed by atoms with Gasteiger partial charge in [-0.25, -0.2) is 28.7 Å². The van der Waals surface area contributed by atoms with Crippen LogP contribution in [0.4, 0.5) is 20.4 Å². The van der Waals surface area contributed by atoms with Gasteiger partial charge in [0.1, 0.15) is 11.4 Å². The molecule has 1 fully saturated rings. The number of aromatic nitrogens is 5. The van der Waals surface area contributed by atoms with Crippen LogP contribution in [-0.4, -0.2) is 56.2 Å². The molecule has 5 heterocycles. The first-order valence-electron chi connectivity index (χ1n) is 11.0.